The van der Waals surface area contributed by atoms with E-state index < -0.39 is 18.1 Å². The van der Waals surface area contributed by atoms with Crippen LogP contribution in [0.1, 0.15) is 30.4 Å². The average molecular weight is 610 g/mol. The molecule has 1 atom stereocenters. The van der Waals surface area contributed by atoms with Crippen molar-refractivity contribution in [3.63, 3.8) is 0 Å². The van der Waals surface area contributed by atoms with Gasteiger partial charge in [-0.3, -0.25) is 4.90 Å². The molecule has 0 aliphatic carbocycles. The van der Waals surface area contributed by atoms with Gasteiger partial charge >= 0.3 is 18.1 Å². The van der Waals surface area contributed by atoms with E-state index in [9.17, 15) is 14.4 Å². The maximum Gasteiger partial charge on any atom is 0.415 e. The van der Waals surface area contributed by atoms with Gasteiger partial charge in [0.15, 0.2) is 12.4 Å². The van der Waals surface area contributed by atoms with Gasteiger partial charge < -0.3 is 24.8 Å². The highest BCUT2D eigenvalue weighted by Crippen LogP contribution is 2.30. The van der Waals surface area contributed by atoms with Crippen molar-refractivity contribution in [2.45, 2.75) is 45.2 Å². The summed E-state index contributed by atoms with van der Waals surface area (Å²) in [6.07, 6.45) is 5.20. The lowest BCUT2D eigenvalue weighted by Gasteiger charge is -2.32. The van der Waals surface area contributed by atoms with Gasteiger partial charge in [-0.25, -0.2) is 14.4 Å². The van der Waals surface area contributed by atoms with Gasteiger partial charge in [-0.1, -0.05) is 60.7 Å². The molecule has 0 bridgehead atoms. The first-order chi connectivity index (χ1) is 22.0. The molecule has 10 nitrogen and oxygen atoms in total. The van der Waals surface area contributed by atoms with E-state index >= 15 is 0 Å². The molecule has 1 aliphatic rings. The molecule has 0 saturated carbocycles. The minimum Gasteiger partial charge on any atom is -0.488 e. The maximum absolute atomic E-state index is 12.7. The largest absolute Gasteiger partial charge is 0.488 e. The molecule has 2 heterocycles. The number of likely N-dealkylation sites (tertiary alicyclic amines) is 1. The van der Waals surface area contributed by atoms with Crippen molar-refractivity contribution in [2.75, 3.05) is 19.0 Å². The van der Waals surface area contributed by atoms with Crippen LogP contribution in [0.5, 0.6) is 5.75 Å². The van der Waals surface area contributed by atoms with Crippen LogP contribution in [-0.2, 0) is 34.2 Å². The van der Waals surface area contributed by atoms with Crippen molar-refractivity contribution < 1.29 is 33.2 Å². The number of aromatic nitrogens is 1. The van der Waals surface area contributed by atoms with Gasteiger partial charge in [-0.05, 0) is 54.7 Å². The summed E-state index contributed by atoms with van der Waals surface area (Å²) >= 11 is 0. The number of benzene rings is 3. The Labute approximate surface area is 262 Å². The number of carbonyl (C=O) groups excluding carboxylic acids is 3. The van der Waals surface area contributed by atoms with Gasteiger partial charge in [0, 0.05) is 29.4 Å². The summed E-state index contributed by atoms with van der Waals surface area (Å²) in [4.78, 5) is 38.7. The second kappa shape index (κ2) is 15.4. The van der Waals surface area contributed by atoms with E-state index in [1.54, 1.807) is 23.0 Å². The first-order valence-electron chi connectivity index (χ1n) is 14.9. The Hall–Kier alpha value is -5.38. The molecule has 0 spiro atoms. The van der Waals surface area contributed by atoms with E-state index in [4.69, 9.17) is 14.2 Å². The van der Waals surface area contributed by atoms with Crippen molar-refractivity contribution in [3.8, 4) is 16.9 Å². The fraction of sp³-hybridized carbons (Fsp3) is 0.257. The molecule has 45 heavy (non-hydrogen) atoms. The van der Waals surface area contributed by atoms with Gasteiger partial charge in [-0.2, -0.15) is 4.57 Å². The molecular weight excluding hydrogens is 572 g/mol. The summed E-state index contributed by atoms with van der Waals surface area (Å²) in [6, 6.07) is 28.3. The minimum absolute atomic E-state index is 0.0306. The number of nitrogens with zero attached hydrogens (tertiary/aromatic N) is 2. The summed E-state index contributed by atoms with van der Waals surface area (Å²) in [5.41, 5.74) is 4.57. The van der Waals surface area contributed by atoms with Gasteiger partial charge in [-0.15, -0.1) is 0 Å². The van der Waals surface area contributed by atoms with Crippen LogP contribution in [0.25, 0.3) is 11.1 Å². The van der Waals surface area contributed by atoms with E-state index in [0.29, 0.717) is 25.3 Å². The zero-order chi connectivity index (χ0) is 31.4. The number of hydrogen-bond donors (Lipinski definition) is 2. The van der Waals surface area contributed by atoms with Crippen LogP contribution >= 0.6 is 0 Å². The number of rotatable bonds is 10. The van der Waals surface area contributed by atoms with Gasteiger partial charge in [0.1, 0.15) is 18.4 Å². The third-order valence-electron chi connectivity index (χ3n) is 7.50. The minimum atomic E-state index is -0.623. The molecule has 0 radical (unpaired) electrons. The SMILES string of the molecule is COC(=O)[C@@H]1CCCCN1C(=O)OC[n+]1cccc(CNC(=O)Nc2ccc(COc3ccccc3-c3ccccc3)cc2)c1. The zero-order valence-electron chi connectivity index (χ0n) is 25.2. The quantitative estimate of drug-likeness (QED) is 0.177. The fourth-order valence-corrected chi connectivity index (χ4v) is 5.16. The van der Waals surface area contributed by atoms with Crippen molar-refractivity contribution in [1.82, 2.24) is 10.2 Å². The molecule has 3 aromatic carbocycles. The van der Waals surface area contributed by atoms with Gasteiger partial charge in [0.05, 0.1) is 13.7 Å². The number of carbonyl (C=O) groups is 3. The van der Waals surface area contributed by atoms with Crippen molar-refractivity contribution in [1.29, 1.82) is 0 Å². The van der Waals surface area contributed by atoms with Gasteiger partial charge in [0.2, 0.25) is 0 Å². The number of methoxy groups -OCH3 is 1. The molecular formula is C35H37N4O6+. The number of amides is 3. The van der Waals surface area contributed by atoms with E-state index in [2.05, 4.69) is 22.8 Å². The van der Waals surface area contributed by atoms with Crippen molar-refractivity contribution in [3.05, 3.63) is 115 Å². The summed E-state index contributed by atoms with van der Waals surface area (Å²) in [6.45, 7) is 1.08. The molecule has 232 valence electrons. The number of hydrogen-bond acceptors (Lipinski definition) is 6. The second-order valence-electron chi connectivity index (χ2n) is 10.6. The summed E-state index contributed by atoms with van der Waals surface area (Å²) in [5.74, 6) is 0.371. The Bertz CT molecular complexity index is 1600. The number of pyridine rings is 1. The number of piperidine rings is 1. The lowest BCUT2D eigenvalue weighted by atomic mass is 10.0. The molecule has 1 fully saturated rings. The van der Waals surface area contributed by atoms with Crippen LogP contribution in [0, 0.1) is 0 Å². The van der Waals surface area contributed by atoms with Gasteiger partial charge in [0.25, 0.3) is 6.73 Å². The summed E-state index contributed by atoms with van der Waals surface area (Å²) < 4.78 is 18.1. The number of para-hydroxylation sites is 1. The number of ether oxygens (including phenoxy) is 3. The smallest absolute Gasteiger partial charge is 0.415 e. The van der Waals surface area contributed by atoms with E-state index in [-0.39, 0.29) is 19.3 Å². The molecule has 1 aliphatic heterocycles. The predicted octanol–water partition coefficient (Wildman–Crippen LogP) is 5.66. The Morgan fingerprint density at radius 2 is 1.67 bits per heavy atom. The van der Waals surface area contributed by atoms with Crippen molar-refractivity contribution >= 4 is 23.8 Å². The van der Waals surface area contributed by atoms with Crippen molar-refractivity contribution in [2.24, 2.45) is 0 Å². The number of urea groups is 1. The molecule has 0 unspecified atom stereocenters. The van der Waals surface area contributed by atoms with Crippen LogP contribution in [0.2, 0.25) is 0 Å². The summed E-state index contributed by atoms with van der Waals surface area (Å²) in [5, 5.41) is 5.69. The van der Waals surface area contributed by atoms with Crippen LogP contribution in [0.3, 0.4) is 0 Å². The highest BCUT2D eigenvalue weighted by Gasteiger charge is 2.34. The Morgan fingerprint density at radius 1 is 0.889 bits per heavy atom. The molecule has 1 saturated heterocycles. The highest BCUT2D eigenvalue weighted by atomic mass is 16.6. The molecule has 4 aromatic rings. The first-order valence-corrected chi connectivity index (χ1v) is 14.9. The van der Waals surface area contributed by atoms with E-state index in [1.165, 1.54) is 12.0 Å². The third-order valence-corrected chi connectivity index (χ3v) is 7.50. The number of nitrogens with one attached hydrogen (secondary N) is 2. The standard InChI is InChI=1S/C35H36N4O6/c1-43-33(40)31-14-7-8-21-39(31)35(42)45-25-38-20-9-10-27(23-38)22-36-34(41)37-29-18-16-26(17-19-29)24-44-32-15-6-5-13-30(32)28-11-3-2-4-12-28/h2-6,9-13,15-20,23,31H,7-8,14,21-22,24-25H2,1H3,(H-,36,37,41)/p+1/t31-/m0/s1. The monoisotopic (exact) mass is 609 g/mol. The lowest BCUT2D eigenvalue weighted by molar-refractivity contribution is -0.727. The average Bonchev–Trinajstić information content (AvgIpc) is 3.09. The lowest BCUT2D eigenvalue weighted by Crippen LogP contribution is -2.50. The molecule has 2 N–H and O–H groups in total. The zero-order valence-corrected chi connectivity index (χ0v) is 25.2. The molecule has 1 aromatic heterocycles. The van der Waals surface area contributed by atoms with Crippen LogP contribution in [-0.4, -0.2) is 42.7 Å². The van der Waals surface area contributed by atoms with Crippen LogP contribution < -0.4 is 19.9 Å². The molecule has 3 amide bonds. The van der Waals surface area contributed by atoms with E-state index in [1.807, 2.05) is 72.8 Å². The number of esters is 1. The topological polar surface area (TPSA) is 110 Å². The Kier molecular flexibility index (Phi) is 10.6. The highest BCUT2D eigenvalue weighted by molar-refractivity contribution is 5.89. The Morgan fingerprint density at radius 3 is 2.47 bits per heavy atom. The third kappa shape index (κ3) is 8.60. The summed E-state index contributed by atoms with van der Waals surface area (Å²) in [7, 11) is 1.32. The fourth-order valence-electron chi connectivity index (χ4n) is 5.16. The molecule has 5 rings (SSSR count). The first kappa shape index (κ1) is 31.1. The Balaban J connectivity index is 1.07. The normalized spacial score (nSPS) is 14.2. The van der Waals surface area contributed by atoms with Crippen LogP contribution in [0.15, 0.2) is 103 Å². The van der Waals surface area contributed by atoms with E-state index in [0.717, 1.165) is 40.8 Å². The predicted molar refractivity (Wildman–Crippen MR) is 168 cm³/mol. The second-order valence-corrected chi connectivity index (χ2v) is 10.6. The van der Waals surface area contributed by atoms with Crippen LogP contribution in [0.4, 0.5) is 15.3 Å². The number of anilines is 1. The maximum atomic E-state index is 12.7. The molecule has 10 heteroatoms.